The first-order chi connectivity index (χ1) is 14.9. The summed E-state index contributed by atoms with van der Waals surface area (Å²) >= 11 is 0. The van der Waals surface area contributed by atoms with Crippen LogP contribution >= 0.6 is 0 Å². The van der Waals surface area contributed by atoms with Crippen molar-refractivity contribution in [1.82, 2.24) is 14.4 Å². The standard InChI is InChI=1S/C23H19FN6O/c1-13(27-21-20(26-3)14(2)28-23(25)29-21)18-11-17-10-9-16(24)12-30(17)22(31)19(18)15-7-5-4-6-8-15/h4-13H,1-2H3,(H3,25,27,28,29)/t13-/m0/s1. The molecule has 7 nitrogen and oxygen atoms in total. The van der Waals surface area contributed by atoms with Crippen LogP contribution in [-0.4, -0.2) is 14.4 Å². The van der Waals surface area contributed by atoms with Crippen molar-refractivity contribution < 1.29 is 4.39 Å². The van der Waals surface area contributed by atoms with Gasteiger partial charge in [0.2, 0.25) is 11.6 Å². The van der Waals surface area contributed by atoms with E-state index in [-0.39, 0.29) is 17.2 Å². The summed E-state index contributed by atoms with van der Waals surface area (Å²) in [5.74, 6) is -0.149. The van der Waals surface area contributed by atoms with Gasteiger partial charge in [0.15, 0.2) is 0 Å². The molecule has 0 radical (unpaired) electrons. The number of aryl methyl sites for hydroxylation is 1. The fraction of sp³-hybridized carbons (Fsp3) is 0.130. The third-order valence-corrected chi connectivity index (χ3v) is 5.04. The molecule has 0 saturated carbocycles. The van der Waals surface area contributed by atoms with Gasteiger partial charge in [0, 0.05) is 17.8 Å². The van der Waals surface area contributed by atoms with Crippen LogP contribution in [0.5, 0.6) is 0 Å². The van der Waals surface area contributed by atoms with E-state index in [1.54, 1.807) is 13.0 Å². The molecule has 8 heteroatoms. The normalized spacial score (nSPS) is 11.8. The lowest BCUT2D eigenvalue weighted by Gasteiger charge is -2.21. The van der Waals surface area contributed by atoms with Crippen molar-refractivity contribution in [2.24, 2.45) is 0 Å². The lowest BCUT2D eigenvalue weighted by Crippen LogP contribution is -2.21. The van der Waals surface area contributed by atoms with Gasteiger partial charge in [-0.1, -0.05) is 30.3 Å². The number of nitrogen functional groups attached to an aromatic ring is 1. The van der Waals surface area contributed by atoms with Gasteiger partial charge in [-0.2, -0.15) is 0 Å². The van der Waals surface area contributed by atoms with E-state index in [1.807, 2.05) is 43.3 Å². The zero-order valence-electron chi connectivity index (χ0n) is 16.9. The number of nitrogens with zero attached hydrogens (tertiary/aromatic N) is 4. The van der Waals surface area contributed by atoms with Gasteiger partial charge in [-0.15, -0.1) is 0 Å². The summed E-state index contributed by atoms with van der Waals surface area (Å²) in [7, 11) is 0. The first kappa shape index (κ1) is 20.0. The van der Waals surface area contributed by atoms with E-state index < -0.39 is 11.9 Å². The summed E-state index contributed by atoms with van der Waals surface area (Å²) in [6.07, 6.45) is 1.18. The van der Waals surface area contributed by atoms with E-state index in [0.29, 0.717) is 33.7 Å². The number of halogens is 1. The Morgan fingerprint density at radius 1 is 1.19 bits per heavy atom. The first-order valence-electron chi connectivity index (χ1n) is 9.57. The van der Waals surface area contributed by atoms with Crippen LogP contribution in [0, 0.1) is 19.3 Å². The first-order valence-corrected chi connectivity index (χ1v) is 9.57. The third kappa shape index (κ3) is 3.69. The van der Waals surface area contributed by atoms with Crippen molar-refractivity contribution in [3.05, 3.63) is 93.6 Å². The number of nitrogens with one attached hydrogen (secondary N) is 1. The maximum absolute atomic E-state index is 13.8. The molecule has 0 aliphatic rings. The molecular weight excluding hydrogens is 395 g/mol. The number of hydrogen-bond acceptors (Lipinski definition) is 5. The van der Waals surface area contributed by atoms with Crippen LogP contribution < -0.4 is 16.6 Å². The Labute approximate surface area is 177 Å². The van der Waals surface area contributed by atoms with Crippen LogP contribution in [0.25, 0.3) is 21.5 Å². The zero-order valence-corrected chi connectivity index (χ0v) is 16.9. The SMILES string of the molecule is [C-]#[N+]c1c(C)nc(N)nc1N[C@@H](C)c1cc2ccc(F)cn2c(=O)c1-c1ccccc1. The third-order valence-electron chi connectivity index (χ3n) is 5.04. The molecule has 4 aromatic rings. The number of rotatable bonds is 4. The van der Waals surface area contributed by atoms with Crippen LogP contribution in [0.3, 0.4) is 0 Å². The number of aromatic nitrogens is 3. The molecule has 3 aromatic heterocycles. The number of nitrogens with two attached hydrogens (primary N) is 1. The van der Waals surface area contributed by atoms with Crippen molar-refractivity contribution in [2.75, 3.05) is 11.1 Å². The van der Waals surface area contributed by atoms with Crippen molar-refractivity contribution in [2.45, 2.75) is 19.9 Å². The number of hydrogen-bond donors (Lipinski definition) is 2. The molecule has 0 saturated heterocycles. The monoisotopic (exact) mass is 414 g/mol. The maximum Gasteiger partial charge on any atom is 0.263 e. The van der Waals surface area contributed by atoms with E-state index in [9.17, 15) is 9.18 Å². The van der Waals surface area contributed by atoms with Gasteiger partial charge >= 0.3 is 0 Å². The van der Waals surface area contributed by atoms with Crippen LogP contribution in [0.1, 0.15) is 24.2 Å². The summed E-state index contributed by atoms with van der Waals surface area (Å²) in [6, 6.07) is 13.5. The molecular formula is C23H19FN6O. The highest BCUT2D eigenvalue weighted by Gasteiger charge is 2.20. The van der Waals surface area contributed by atoms with E-state index >= 15 is 0 Å². The topological polar surface area (TPSA) is 89.7 Å². The zero-order chi connectivity index (χ0) is 22.1. The van der Waals surface area contributed by atoms with Crippen molar-refractivity contribution >= 4 is 23.0 Å². The molecule has 3 N–H and O–H groups in total. The Morgan fingerprint density at radius 3 is 2.65 bits per heavy atom. The minimum Gasteiger partial charge on any atom is -0.372 e. The fourth-order valence-corrected chi connectivity index (χ4v) is 3.60. The molecule has 154 valence electrons. The molecule has 0 fully saturated rings. The van der Waals surface area contributed by atoms with E-state index in [0.717, 1.165) is 0 Å². The number of fused-ring (bicyclic) bond motifs is 1. The predicted molar refractivity (Wildman–Crippen MR) is 119 cm³/mol. The van der Waals surface area contributed by atoms with Crippen LogP contribution in [0.15, 0.2) is 59.5 Å². The predicted octanol–water partition coefficient (Wildman–Crippen LogP) is 4.51. The van der Waals surface area contributed by atoms with Crippen LogP contribution in [-0.2, 0) is 0 Å². The highest BCUT2D eigenvalue weighted by Crippen LogP contribution is 2.33. The Hall–Kier alpha value is -4.25. The summed E-state index contributed by atoms with van der Waals surface area (Å²) in [5.41, 5.74) is 8.56. The average Bonchev–Trinajstić information content (AvgIpc) is 2.74. The molecule has 0 unspecified atom stereocenters. The highest BCUT2D eigenvalue weighted by molar-refractivity contribution is 5.73. The summed E-state index contributed by atoms with van der Waals surface area (Å²) in [4.78, 5) is 25.1. The summed E-state index contributed by atoms with van der Waals surface area (Å²) in [5, 5.41) is 3.21. The smallest absolute Gasteiger partial charge is 0.263 e. The second-order valence-electron chi connectivity index (χ2n) is 7.13. The molecule has 0 amide bonds. The van der Waals surface area contributed by atoms with Gasteiger partial charge in [-0.3, -0.25) is 9.20 Å². The van der Waals surface area contributed by atoms with E-state index in [4.69, 9.17) is 12.3 Å². The minimum atomic E-state index is -0.499. The molecule has 3 heterocycles. The molecule has 0 bridgehead atoms. The highest BCUT2D eigenvalue weighted by atomic mass is 19.1. The van der Waals surface area contributed by atoms with Crippen molar-refractivity contribution in [3.8, 4) is 11.1 Å². The maximum atomic E-state index is 13.8. The van der Waals surface area contributed by atoms with Crippen molar-refractivity contribution in [1.29, 1.82) is 0 Å². The van der Waals surface area contributed by atoms with Gasteiger partial charge in [0.25, 0.3) is 5.56 Å². The largest absolute Gasteiger partial charge is 0.372 e. The lowest BCUT2D eigenvalue weighted by atomic mass is 9.96. The summed E-state index contributed by atoms with van der Waals surface area (Å²) < 4.78 is 15.1. The molecule has 0 aliphatic carbocycles. The Balaban J connectivity index is 1.92. The van der Waals surface area contributed by atoms with Crippen LogP contribution in [0.2, 0.25) is 0 Å². The van der Waals surface area contributed by atoms with Gasteiger partial charge in [0.1, 0.15) is 11.6 Å². The second kappa shape index (κ2) is 7.88. The fourth-order valence-electron chi connectivity index (χ4n) is 3.60. The van der Waals surface area contributed by atoms with E-state index in [1.165, 1.54) is 16.7 Å². The Bertz CT molecular complexity index is 1390. The van der Waals surface area contributed by atoms with Crippen molar-refractivity contribution in [3.63, 3.8) is 0 Å². The van der Waals surface area contributed by atoms with Gasteiger partial charge < -0.3 is 11.1 Å². The van der Waals surface area contributed by atoms with Gasteiger partial charge in [-0.25, -0.2) is 19.2 Å². The summed E-state index contributed by atoms with van der Waals surface area (Å²) in [6.45, 7) is 11.0. The Morgan fingerprint density at radius 2 is 1.94 bits per heavy atom. The number of benzene rings is 1. The average molecular weight is 414 g/mol. The number of anilines is 2. The van der Waals surface area contributed by atoms with Gasteiger partial charge in [-0.05, 0) is 43.2 Å². The molecule has 0 aliphatic heterocycles. The molecule has 0 spiro atoms. The molecule has 31 heavy (non-hydrogen) atoms. The molecule has 1 atom stereocenters. The quantitative estimate of drug-likeness (QED) is 0.480. The minimum absolute atomic E-state index is 0.0527. The number of pyridine rings is 2. The Kier molecular flexibility index (Phi) is 5.09. The van der Waals surface area contributed by atoms with E-state index in [2.05, 4.69) is 20.1 Å². The second-order valence-corrected chi connectivity index (χ2v) is 7.13. The van der Waals surface area contributed by atoms with Crippen LogP contribution in [0.4, 0.5) is 21.8 Å². The molecule has 1 aromatic carbocycles. The van der Waals surface area contributed by atoms with Gasteiger partial charge in [0.05, 0.1) is 17.8 Å². The lowest BCUT2D eigenvalue weighted by molar-refractivity contribution is 0.618. The molecule has 4 rings (SSSR count).